The van der Waals surface area contributed by atoms with E-state index in [9.17, 15) is 8.42 Å². The Morgan fingerprint density at radius 2 is 1.64 bits per heavy atom. The summed E-state index contributed by atoms with van der Waals surface area (Å²) in [6.07, 6.45) is 0.186. The second-order valence-electron chi connectivity index (χ2n) is 7.11. The predicted molar refractivity (Wildman–Crippen MR) is 105 cm³/mol. The largest absolute Gasteiger partial charge is 0.497 e. The molecule has 0 aliphatic carbocycles. The fourth-order valence-corrected chi connectivity index (χ4v) is 3.92. The van der Waals surface area contributed by atoms with E-state index < -0.39 is 21.8 Å². The Bertz CT molecular complexity index is 866. The third-order valence-corrected chi connectivity index (χ3v) is 6.33. The molecule has 1 heterocycles. The summed E-state index contributed by atoms with van der Waals surface area (Å²) in [5.41, 5.74) is 1.36. The normalized spacial score (nSPS) is 22.8. The van der Waals surface area contributed by atoms with Crippen LogP contribution >= 0.6 is 0 Å². The average molecular weight is 407 g/mol. The first-order valence-corrected chi connectivity index (χ1v) is 10.6. The summed E-state index contributed by atoms with van der Waals surface area (Å²) in [5.74, 6) is 0.761. The Morgan fingerprint density at radius 3 is 2.18 bits per heavy atom. The second-order valence-corrected chi connectivity index (χ2v) is 8.73. The van der Waals surface area contributed by atoms with Crippen molar-refractivity contribution in [2.75, 3.05) is 26.9 Å². The highest BCUT2D eigenvalue weighted by Crippen LogP contribution is 2.35. The molecule has 0 bridgehead atoms. The van der Waals surface area contributed by atoms with Crippen LogP contribution in [0, 0.1) is 12.3 Å². The van der Waals surface area contributed by atoms with Crippen LogP contribution in [-0.4, -0.2) is 35.3 Å². The number of ether oxygens (including phenoxy) is 3. The Kier molecular flexibility index (Phi) is 6.40. The number of methoxy groups -OCH3 is 1. The van der Waals surface area contributed by atoms with Gasteiger partial charge in [0.2, 0.25) is 0 Å². The third kappa shape index (κ3) is 4.72. The van der Waals surface area contributed by atoms with Crippen LogP contribution in [0.1, 0.15) is 30.8 Å². The van der Waals surface area contributed by atoms with Gasteiger partial charge in [-0.2, -0.15) is 8.42 Å². The lowest BCUT2D eigenvalue weighted by Crippen LogP contribution is -2.42. The van der Waals surface area contributed by atoms with E-state index in [1.165, 1.54) is 0 Å². The molecule has 2 aromatic rings. The zero-order chi connectivity index (χ0) is 20.2. The van der Waals surface area contributed by atoms with Gasteiger partial charge in [-0.1, -0.05) is 36.8 Å². The van der Waals surface area contributed by atoms with Gasteiger partial charge in [0.25, 0.3) is 10.1 Å². The van der Waals surface area contributed by atoms with Crippen molar-refractivity contribution in [2.24, 2.45) is 5.41 Å². The molecule has 152 valence electrons. The number of aryl methyl sites for hydroxylation is 1. The van der Waals surface area contributed by atoms with E-state index in [4.69, 9.17) is 18.4 Å². The van der Waals surface area contributed by atoms with Crippen molar-refractivity contribution < 1.29 is 26.8 Å². The van der Waals surface area contributed by atoms with Crippen LogP contribution in [0.4, 0.5) is 0 Å². The predicted octanol–water partition coefficient (Wildman–Crippen LogP) is 3.85. The first-order valence-electron chi connectivity index (χ1n) is 9.21. The SMILES string of the molecule is CCC1(COS(=O)(=O)c2ccc(C)cc2)COC(c2ccc(OC)cc2)OC1. The Balaban J connectivity index is 1.62. The van der Waals surface area contributed by atoms with Crippen molar-refractivity contribution in [3.8, 4) is 5.75 Å². The standard InChI is InChI=1S/C21H26O6S/c1-4-21(15-27-28(22,23)19-11-5-16(2)6-12-19)13-25-20(26-14-21)17-7-9-18(24-3)10-8-17/h5-12,20H,4,13-15H2,1-3H3. The number of hydrogen-bond acceptors (Lipinski definition) is 6. The van der Waals surface area contributed by atoms with Gasteiger partial charge in [0.15, 0.2) is 6.29 Å². The molecule has 0 atom stereocenters. The minimum absolute atomic E-state index is 0.00897. The summed E-state index contributed by atoms with van der Waals surface area (Å²) in [4.78, 5) is 0.151. The van der Waals surface area contributed by atoms with E-state index in [0.29, 0.717) is 19.6 Å². The highest BCUT2D eigenvalue weighted by atomic mass is 32.2. The summed E-state index contributed by atoms with van der Waals surface area (Å²) in [7, 11) is -2.21. The van der Waals surface area contributed by atoms with Crippen LogP contribution in [0.2, 0.25) is 0 Å². The highest BCUT2D eigenvalue weighted by Gasteiger charge is 2.38. The number of benzene rings is 2. The number of hydrogen-bond donors (Lipinski definition) is 0. The van der Waals surface area contributed by atoms with Crippen LogP contribution < -0.4 is 4.74 Å². The molecule has 1 aliphatic heterocycles. The molecule has 0 saturated carbocycles. The van der Waals surface area contributed by atoms with E-state index in [0.717, 1.165) is 16.9 Å². The van der Waals surface area contributed by atoms with Crippen molar-refractivity contribution in [2.45, 2.75) is 31.5 Å². The molecule has 28 heavy (non-hydrogen) atoms. The molecule has 2 aromatic carbocycles. The fourth-order valence-electron chi connectivity index (χ4n) is 2.91. The molecule has 0 unspecified atom stereocenters. The van der Waals surface area contributed by atoms with Gasteiger partial charge in [0.1, 0.15) is 5.75 Å². The summed E-state index contributed by atoms with van der Waals surface area (Å²) in [6, 6.07) is 14.1. The molecule has 0 radical (unpaired) electrons. The molecule has 0 N–H and O–H groups in total. The third-order valence-electron chi connectivity index (χ3n) is 5.05. The van der Waals surface area contributed by atoms with Gasteiger partial charge in [0.05, 0.1) is 31.8 Å². The zero-order valence-corrected chi connectivity index (χ0v) is 17.2. The molecular weight excluding hydrogens is 380 g/mol. The Hall–Kier alpha value is -1.93. The van der Waals surface area contributed by atoms with Crippen molar-refractivity contribution in [1.29, 1.82) is 0 Å². The lowest BCUT2D eigenvalue weighted by molar-refractivity contribution is -0.240. The van der Waals surface area contributed by atoms with Crippen molar-refractivity contribution in [3.63, 3.8) is 0 Å². The van der Waals surface area contributed by atoms with Crippen molar-refractivity contribution in [1.82, 2.24) is 0 Å². The minimum Gasteiger partial charge on any atom is -0.497 e. The second kappa shape index (κ2) is 8.61. The van der Waals surface area contributed by atoms with Gasteiger partial charge < -0.3 is 14.2 Å². The highest BCUT2D eigenvalue weighted by molar-refractivity contribution is 7.86. The molecule has 1 fully saturated rings. The average Bonchev–Trinajstić information content (AvgIpc) is 2.73. The first kappa shape index (κ1) is 20.8. The molecule has 0 amide bonds. The summed E-state index contributed by atoms with van der Waals surface area (Å²) >= 11 is 0. The maximum absolute atomic E-state index is 12.5. The first-order chi connectivity index (χ1) is 13.4. The maximum Gasteiger partial charge on any atom is 0.296 e. The Morgan fingerprint density at radius 1 is 1.04 bits per heavy atom. The lowest BCUT2D eigenvalue weighted by atomic mass is 9.87. The summed E-state index contributed by atoms with van der Waals surface area (Å²) in [6.45, 7) is 4.59. The molecule has 7 heteroatoms. The molecule has 6 nitrogen and oxygen atoms in total. The topological polar surface area (TPSA) is 71.1 Å². The summed E-state index contributed by atoms with van der Waals surface area (Å²) < 4.78 is 47.3. The van der Waals surface area contributed by atoms with E-state index in [1.54, 1.807) is 31.4 Å². The van der Waals surface area contributed by atoms with E-state index in [1.807, 2.05) is 38.1 Å². The van der Waals surface area contributed by atoms with E-state index in [-0.39, 0.29) is 11.5 Å². The van der Waals surface area contributed by atoms with Crippen molar-refractivity contribution in [3.05, 3.63) is 59.7 Å². The van der Waals surface area contributed by atoms with Gasteiger partial charge in [-0.3, -0.25) is 4.18 Å². The number of rotatable bonds is 7. The molecule has 3 rings (SSSR count). The van der Waals surface area contributed by atoms with Gasteiger partial charge in [0, 0.05) is 11.0 Å². The fraction of sp³-hybridized carbons (Fsp3) is 0.429. The van der Waals surface area contributed by atoms with Gasteiger partial charge in [-0.25, -0.2) is 0 Å². The van der Waals surface area contributed by atoms with Crippen molar-refractivity contribution >= 4 is 10.1 Å². The van der Waals surface area contributed by atoms with Crippen LogP contribution in [-0.2, 0) is 23.8 Å². The smallest absolute Gasteiger partial charge is 0.296 e. The summed E-state index contributed by atoms with van der Waals surface area (Å²) in [5, 5.41) is 0. The van der Waals surface area contributed by atoms with Crippen LogP contribution in [0.3, 0.4) is 0 Å². The molecular formula is C21H26O6S. The molecule has 0 aromatic heterocycles. The maximum atomic E-state index is 12.5. The van der Waals surface area contributed by atoms with E-state index >= 15 is 0 Å². The van der Waals surface area contributed by atoms with Crippen LogP contribution in [0.15, 0.2) is 53.4 Å². The molecule has 1 aliphatic rings. The van der Waals surface area contributed by atoms with Crippen LogP contribution in [0.25, 0.3) is 0 Å². The van der Waals surface area contributed by atoms with Gasteiger partial charge in [-0.05, 0) is 37.6 Å². The van der Waals surface area contributed by atoms with E-state index in [2.05, 4.69) is 0 Å². The Labute approximate surface area is 166 Å². The quantitative estimate of drug-likeness (QED) is 0.651. The van der Waals surface area contributed by atoms with Gasteiger partial charge in [-0.15, -0.1) is 0 Å². The molecule has 1 saturated heterocycles. The van der Waals surface area contributed by atoms with Gasteiger partial charge >= 0.3 is 0 Å². The zero-order valence-electron chi connectivity index (χ0n) is 16.4. The van der Waals surface area contributed by atoms with Crippen LogP contribution in [0.5, 0.6) is 5.75 Å². The minimum atomic E-state index is -3.82. The lowest BCUT2D eigenvalue weighted by Gasteiger charge is -2.39. The monoisotopic (exact) mass is 406 g/mol. The molecule has 0 spiro atoms.